The van der Waals surface area contributed by atoms with Gasteiger partial charge in [-0.15, -0.1) is 0 Å². The van der Waals surface area contributed by atoms with Crippen LogP contribution in [-0.2, 0) is 0 Å². The lowest BCUT2D eigenvalue weighted by molar-refractivity contribution is 0.416. The van der Waals surface area contributed by atoms with Gasteiger partial charge in [-0.05, 0) is 69.4 Å². The van der Waals surface area contributed by atoms with E-state index in [1.165, 1.54) is 0 Å². The average molecular weight is 495 g/mol. The van der Waals surface area contributed by atoms with Crippen LogP contribution in [0.1, 0.15) is 0 Å². The van der Waals surface area contributed by atoms with Gasteiger partial charge in [0.1, 0.15) is 11.5 Å². The van der Waals surface area contributed by atoms with E-state index in [1.807, 2.05) is 73.3 Å². The van der Waals surface area contributed by atoms with Gasteiger partial charge in [-0.2, -0.15) is 0 Å². The van der Waals surface area contributed by atoms with Crippen LogP contribution in [0.4, 0.5) is 0 Å². The number of benzene rings is 4. The van der Waals surface area contributed by atoms with Crippen LogP contribution < -0.4 is 9.47 Å². The standard InChI is InChI=1S/C34H26N2O2/c1-37-31-9-5-3-7-29(31)33-25(23-15-19-35-20-16-23)11-14-28-27(33)13-12-26(24-17-21-36-22-18-24)34(28)30-8-4-6-10-32(30)38-2/h3-22H,1-2H3. The van der Waals surface area contributed by atoms with E-state index >= 15 is 0 Å². The zero-order valence-electron chi connectivity index (χ0n) is 21.3. The van der Waals surface area contributed by atoms with Gasteiger partial charge in [0.2, 0.25) is 0 Å². The van der Waals surface area contributed by atoms with Gasteiger partial charge in [-0.1, -0.05) is 60.7 Å². The van der Waals surface area contributed by atoms with E-state index in [9.17, 15) is 0 Å². The Morgan fingerprint density at radius 3 is 1.21 bits per heavy atom. The second kappa shape index (κ2) is 10.2. The summed E-state index contributed by atoms with van der Waals surface area (Å²) in [7, 11) is 3.44. The maximum Gasteiger partial charge on any atom is 0.126 e. The van der Waals surface area contributed by atoms with Crippen molar-refractivity contribution in [1.82, 2.24) is 9.97 Å². The van der Waals surface area contributed by atoms with E-state index in [4.69, 9.17) is 9.47 Å². The molecule has 2 heterocycles. The van der Waals surface area contributed by atoms with Gasteiger partial charge >= 0.3 is 0 Å². The Labute approximate surface area is 222 Å². The van der Waals surface area contributed by atoms with Gasteiger partial charge < -0.3 is 9.47 Å². The first-order chi connectivity index (χ1) is 18.8. The molecule has 0 N–H and O–H groups in total. The van der Waals surface area contributed by atoms with Crippen molar-refractivity contribution in [2.45, 2.75) is 0 Å². The van der Waals surface area contributed by atoms with Crippen molar-refractivity contribution < 1.29 is 9.47 Å². The summed E-state index contributed by atoms with van der Waals surface area (Å²) < 4.78 is 11.7. The first-order valence-corrected chi connectivity index (χ1v) is 12.5. The zero-order valence-corrected chi connectivity index (χ0v) is 21.3. The summed E-state index contributed by atoms with van der Waals surface area (Å²) in [6.07, 6.45) is 7.33. The van der Waals surface area contributed by atoms with Gasteiger partial charge in [-0.25, -0.2) is 0 Å². The minimum atomic E-state index is 0.826. The fourth-order valence-corrected chi connectivity index (χ4v) is 5.23. The maximum atomic E-state index is 5.84. The van der Waals surface area contributed by atoms with Crippen molar-refractivity contribution in [3.63, 3.8) is 0 Å². The van der Waals surface area contributed by atoms with Crippen LogP contribution in [0.15, 0.2) is 122 Å². The topological polar surface area (TPSA) is 44.2 Å². The molecule has 0 fully saturated rings. The maximum absolute atomic E-state index is 5.84. The van der Waals surface area contributed by atoms with Crippen molar-refractivity contribution >= 4 is 10.8 Å². The molecule has 0 saturated heterocycles. The Balaban J connectivity index is 1.77. The van der Waals surface area contributed by atoms with E-state index in [2.05, 4.69) is 58.5 Å². The second-order valence-electron chi connectivity index (χ2n) is 8.94. The summed E-state index contributed by atoms with van der Waals surface area (Å²) in [6.45, 7) is 0. The zero-order chi connectivity index (χ0) is 25.9. The molecular weight excluding hydrogens is 468 g/mol. The number of fused-ring (bicyclic) bond motifs is 1. The first-order valence-electron chi connectivity index (χ1n) is 12.5. The Bertz CT molecular complexity index is 1600. The molecule has 6 rings (SSSR count). The Hall–Kier alpha value is -4.96. The third-order valence-electron chi connectivity index (χ3n) is 6.94. The lowest BCUT2D eigenvalue weighted by atomic mass is 9.84. The second-order valence-corrected chi connectivity index (χ2v) is 8.94. The van der Waals surface area contributed by atoms with Crippen LogP contribution in [0.25, 0.3) is 55.3 Å². The third-order valence-corrected chi connectivity index (χ3v) is 6.94. The summed E-state index contributed by atoms with van der Waals surface area (Å²) in [5.74, 6) is 1.65. The number of nitrogens with zero attached hydrogens (tertiary/aromatic N) is 2. The highest BCUT2D eigenvalue weighted by molar-refractivity contribution is 6.13. The highest BCUT2D eigenvalue weighted by Gasteiger charge is 2.21. The fourth-order valence-electron chi connectivity index (χ4n) is 5.23. The average Bonchev–Trinajstić information content (AvgIpc) is 3.00. The van der Waals surface area contributed by atoms with E-state index in [0.29, 0.717) is 0 Å². The van der Waals surface area contributed by atoms with Gasteiger partial charge in [0, 0.05) is 47.0 Å². The van der Waals surface area contributed by atoms with Gasteiger partial charge in [0.15, 0.2) is 0 Å². The van der Waals surface area contributed by atoms with E-state index in [-0.39, 0.29) is 0 Å². The molecule has 0 atom stereocenters. The molecule has 0 bridgehead atoms. The normalized spacial score (nSPS) is 10.9. The quantitative estimate of drug-likeness (QED) is 0.233. The molecule has 38 heavy (non-hydrogen) atoms. The molecule has 0 saturated carbocycles. The molecule has 0 radical (unpaired) electrons. The molecule has 0 amide bonds. The van der Waals surface area contributed by atoms with Crippen LogP contribution in [-0.4, -0.2) is 24.2 Å². The summed E-state index contributed by atoms with van der Waals surface area (Å²) in [6, 6.07) is 33.4. The van der Waals surface area contributed by atoms with Crippen LogP contribution in [0.5, 0.6) is 11.5 Å². The van der Waals surface area contributed by atoms with Crippen molar-refractivity contribution in [1.29, 1.82) is 0 Å². The molecule has 0 spiro atoms. The molecule has 4 aromatic carbocycles. The first kappa shape index (κ1) is 23.4. The van der Waals surface area contributed by atoms with Gasteiger partial charge in [0.25, 0.3) is 0 Å². The molecule has 0 aliphatic heterocycles. The molecule has 0 aliphatic rings. The lowest BCUT2D eigenvalue weighted by Gasteiger charge is -2.21. The largest absolute Gasteiger partial charge is 0.496 e. The van der Waals surface area contributed by atoms with E-state index in [0.717, 1.165) is 66.8 Å². The Morgan fingerprint density at radius 1 is 0.421 bits per heavy atom. The predicted octanol–water partition coefficient (Wildman–Crippen LogP) is 8.32. The highest BCUT2D eigenvalue weighted by atomic mass is 16.5. The number of aromatic nitrogens is 2. The molecule has 6 aromatic rings. The summed E-state index contributed by atoms with van der Waals surface area (Å²) in [4.78, 5) is 8.49. The number of methoxy groups -OCH3 is 2. The number of hydrogen-bond acceptors (Lipinski definition) is 4. The van der Waals surface area contributed by atoms with Crippen molar-refractivity contribution in [2.24, 2.45) is 0 Å². The molecule has 4 heteroatoms. The van der Waals surface area contributed by atoms with Gasteiger partial charge in [-0.3, -0.25) is 9.97 Å². The number of para-hydroxylation sites is 2. The predicted molar refractivity (Wildman–Crippen MR) is 154 cm³/mol. The highest BCUT2D eigenvalue weighted by Crippen LogP contribution is 2.47. The molecule has 0 aliphatic carbocycles. The SMILES string of the molecule is COc1ccccc1-c1c(-c2ccncc2)ccc2c(-c3ccccc3OC)c(-c3ccncc3)ccc12. The fraction of sp³-hybridized carbons (Fsp3) is 0.0588. The lowest BCUT2D eigenvalue weighted by Crippen LogP contribution is -1.96. The number of rotatable bonds is 6. The van der Waals surface area contributed by atoms with Crippen molar-refractivity contribution in [3.05, 3.63) is 122 Å². The van der Waals surface area contributed by atoms with E-state index in [1.54, 1.807) is 14.2 Å². The molecule has 184 valence electrons. The third kappa shape index (κ3) is 4.06. The Kier molecular flexibility index (Phi) is 6.29. The number of pyridine rings is 2. The monoisotopic (exact) mass is 494 g/mol. The van der Waals surface area contributed by atoms with Crippen LogP contribution in [0, 0.1) is 0 Å². The Morgan fingerprint density at radius 2 is 0.816 bits per heavy atom. The molecule has 2 aromatic heterocycles. The summed E-state index contributed by atoms with van der Waals surface area (Å²) in [5, 5.41) is 2.25. The van der Waals surface area contributed by atoms with E-state index < -0.39 is 0 Å². The van der Waals surface area contributed by atoms with Crippen LogP contribution in [0.2, 0.25) is 0 Å². The van der Waals surface area contributed by atoms with Gasteiger partial charge in [0.05, 0.1) is 14.2 Å². The molecule has 0 unspecified atom stereocenters. The minimum Gasteiger partial charge on any atom is -0.496 e. The molecular formula is C34H26N2O2. The molecule has 4 nitrogen and oxygen atoms in total. The summed E-state index contributed by atoms with van der Waals surface area (Å²) in [5.41, 5.74) is 8.73. The number of hydrogen-bond donors (Lipinski definition) is 0. The van der Waals surface area contributed by atoms with Crippen molar-refractivity contribution in [2.75, 3.05) is 14.2 Å². The van der Waals surface area contributed by atoms with Crippen molar-refractivity contribution in [3.8, 4) is 56.0 Å². The summed E-state index contributed by atoms with van der Waals surface area (Å²) >= 11 is 0. The number of ether oxygens (including phenoxy) is 2. The smallest absolute Gasteiger partial charge is 0.126 e. The van der Waals surface area contributed by atoms with Crippen LogP contribution in [0.3, 0.4) is 0 Å². The minimum absolute atomic E-state index is 0.826. The van der Waals surface area contributed by atoms with Crippen LogP contribution >= 0.6 is 0 Å².